The van der Waals surface area contributed by atoms with Crippen molar-refractivity contribution in [3.63, 3.8) is 0 Å². The van der Waals surface area contributed by atoms with E-state index in [0.29, 0.717) is 11.1 Å². The third kappa shape index (κ3) is 4.79. The lowest BCUT2D eigenvalue weighted by atomic mass is 9.94. The van der Waals surface area contributed by atoms with E-state index in [1.54, 1.807) is 0 Å². The number of hydrogen-bond donors (Lipinski definition) is 2. The number of carbonyl (C=O) groups excluding carboxylic acids is 2. The Morgan fingerprint density at radius 2 is 0.867 bits per heavy atom. The van der Waals surface area contributed by atoms with Gasteiger partial charge < -0.3 is 10.6 Å². The Morgan fingerprint density at radius 1 is 0.500 bits per heavy atom. The van der Waals surface area contributed by atoms with E-state index in [1.165, 1.54) is 64.2 Å². The highest BCUT2D eigenvalue weighted by molar-refractivity contribution is 6.20. The Balaban J connectivity index is 1.65. The lowest BCUT2D eigenvalue weighted by Gasteiger charge is -2.14. The number of amides is 2. The molecule has 4 nitrogen and oxygen atoms in total. The molecule has 4 heteroatoms. The molecule has 2 amide bonds. The number of hydrogen-bond acceptors (Lipinski definition) is 2. The highest BCUT2D eigenvalue weighted by Crippen LogP contribution is 2.38. The van der Waals surface area contributed by atoms with Crippen molar-refractivity contribution in [1.82, 2.24) is 10.6 Å². The van der Waals surface area contributed by atoms with Gasteiger partial charge >= 0.3 is 0 Å². The van der Waals surface area contributed by atoms with Gasteiger partial charge in [-0.05, 0) is 62.5 Å². The maximum Gasteiger partial charge on any atom is 0.258 e. The van der Waals surface area contributed by atoms with Gasteiger partial charge in [-0.2, -0.15) is 0 Å². The third-order valence-corrected chi connectivity index (χ3v) is 6.91. The molecule has 4 aliphatic rings. The molecule has 2 heterocycles. The van der Waals surface area contributed by atoms with Gasteiger partial charge in [0.25, 0.3) is 11.8 Å². The van der Waals surface area contributed by atoms with E-state index < -0.39 is 0 Å². The van der Waals surface area contributed by atoms with Crippen molar-refractivity contribution in [2.24, 2.45) is 0 Å². The van der Waals surface area contributed by atoms with Crippen LogP contribution in [0.25, 0.3) is 0 Å². The van der Waals surface area contributed by atoms with E-state index in [2.05, 4.69) is 22.8 Å². The fourth-order valence-electron chi connectivity index (χ4n) is 5.21. The molecule has 0 saturated carbocycles. The summed E-state index contributed by atoms with van der Waals surface area (Å²) in [6.07, 6.45) is 23.4. The van der Waals surface area contributed by atoms with E-state index in [-0.39, 0.29) is 11.8 Å². The summed E-state index contributed by atoms with van der Waals surface area (Å²) in [6.45, 7) is 0. The summed E-state index contributed by atoms with van der Waals surface area (Å²) in [5, 5.41) is 6.16. The van der Waals surface area contributed by atoms with E-state index >= 15 is 0 Å². The minimum Gasteiger partial charge on any atom is -0.321 e. The average molecular weight is 409 g/mol. The predicted octanol–water partition coefficient (Wildman–Crippen LogP) is 5.88. The standard InChI is InChI=1S/C26H36N2O2/c29-25-21-22(24(28-25)20-17-13-9-6-10-14-18-20)26(30)27-23(21)19-15-11-7-4-2-1-3-5-8-12-16-19/h15,17H,1-14,16,18H2,(H,27,30)(H,28,29)/b19-15+,20-17+. The first-order chi connectivity index (χ1) is 14.8. The lowest BCUT2D eigenvalue weighted by molar-refractivity contribution is -0.117. The molecule has 0 bridgehead atoms. The Labute approximate surface area is 181 Å². The van der Waals surface area contributed by atoms with Crippen LogP contribution in [0, 0.1) is 0 Å². The van der Waals surface area contributed by atoms with Crippen LogP contribution in [0.15, 0.2) is 45.8 Å². The Kier molecular flexibility index (Phi) is 7.24. The van der Waals surface area contributed by atoms with Gasteiger partial charge in [-0.15, -0.1) is 0 Å². The van der Waals surface area contributed by atoms with Crippen LogP contribution in [0.5, 0.6) is 0 Å². The van der Waals surface area contributed by atoms with Gasteiger partial charge in [0, 0.05) is 0 Å². The van der Waals surface area contributed by atoms with Crippen LogP contribution in [0.1, 0.15) is 103 Å². The van der Waals surface area contributed by atoms with Crippen molar-refractivity contribution < 1.29 is 9.59 Å². The van der Waals surface area contributed by atoms with Crippen LogP contribution >= 0.6 is 0 Å². The quantitative estimate of drug-likeness (QED) is 0.600. The zero-order valence-electron chi connectivity index (χ0n) is 18.3. The Hall–Kier alpha value is -2.10. The molecule has 0 aromatic rings. The lowest BCUT2D eigenvalue weighted by Crippen LogP contribution is -2.24. The van der Waals surface area contributed by atoms with Crippen molar-refractivity contribution in [3.8, 4) is 0 Å². The van der Waals surface area contributed by atoms with Gasteiger partial charge in [0.2, 0.25) is 0 Å². The molecule has 0 aromatic carbocycles. The summed E-state index contributed by atoms with van der Waals surface area (Å²) in [6, 6.07) is 0. The number of allylic oxidation sites excluding steroid dienone is 4. The molecule has 2 aliphatic heterocycles. The summed E-state index contributed by atoms with van der Waals surface area (Å²) in [5.41, 5.74) is 5.06. The number of rotatable bonds is 2. The third-order valence-electron chi connectivity index (χ3n) is 6.91. The van der Waals surface area contributed by atoms with Crippen LogP contribution < -0.4 is 10.6 Å². The maximum absolute atomic E-state index is 13.0. The van der Waals surface area contributed by atoms with Crippen molar-refractivity contribution in [2.75, 3.05) is 0 Å². The van der Waals surface area contributed by atoms with Crippen LogP contribution in [0.3, 0.4) is 0 Å². The normalized spacial score (nSPS) is 28.1. The fraction of sp³-hybridized carbons (Fsp3) is 0.615. The molecule has 0 unspecified atom stereocenters. The second-order valence-corrected chi connectivity index (χ2v) is 9.19. The van der Waals surface area contributed by atoms with Gasteiger partial charge in [-0.25, -0.2) is 0 Å². The SMILES string of the molecule is O=C1NC(/C2=C/CCCCCCCCCC2)=C2C(=O)NC(/C3=C/CCCCCC3)=C12. The Bertz CT molecular complexity index is 813. The second kappa shape index (κ2) is 10.3. The molecular formula is C26H36N2O2. The van der Waals surface area contributed by atoms with Gasteiger partial charge in [-0.1, -0.05) is 63.5 Å². The minimum absolute atomic E-state index is 0.108. The molecule has 162 valence electrons. The summed E-state index contributed by atoms with van der Waals surface area (Å²) in [4.78, 5) is 26.0. The molecule has 0 spiro atoms. The second-order valence-electron chi connectivity index (χ2n) is 9.19. The largest absolute Gasteiger partial charge is 0.321 e. The Morgan fingerprint density at radius 3 is 1.30 bits per heavy atom. The molecule has 2 N–H and O–H groups in total. The first-order valence-electron chi connectivity index (χ1n) is 12.3. The summed E-state index contributed by atoms with van der Waals surface area (Å²) < 4.78 is 0. The number of fused-ring (bicyclic) bond motifs is 1. The first kappa shape index (κ1) is 21.1. The molecule has 0 radical (unpaired) electrons. The highest BCUT2D eigenvalue weighted by atomic mass is 16.2. The summed E-state index contributed by atoms with van der Waals surface area (Å²) in [5.74, 6) is -0.216. The monoisotopic (exact) mass is 408 g/mol. The van der Waals surface area contributed by atoms with Crippen LogP contribution in [-0.2, 0) is 9.59 Å². The molecule has 0 atom stereocenters. The van der Waals surface area contributed by atoms with Crippen molar-refractivity contribution in [2.45, 2.75) is 103 Å². The molecule has 4 rings (SSSR count). The number of carbonyl (C=O) groups is 2. The molecule has 0 aromatic heterocycles. The van der Waals surface area contributed by atoms with E-state index in [4.69, 9.17) is 0 Å². The number of nitrogens with one attached hydrogen (secondary N) is 2. The van der Waals surface area contributed by atoms with E-state index in [0.717, 1.165) is 61.1 Å². The van der Waals surface area contributed by atoms with Gasteiger partial charge in [-0.3, -0.25) is 9.59 Å². The highest BCUT2D eigenvalue weighted by Gasteiger charge is 2.41. The van der Waals surface area contributed by atoms with Crippen molar-refractivity contribution in [3.05, 3.63) is 45.8 Å². The molecule has 2 aliphatic carbocycles. The van der Waals surface area contributed by atoms with Crippen molar-refractivity contribution in [1.29, 1.82) is 0 Å². The van der Waals surface area contributed by atoms with Crippen LogP contribution in [0.2, 0.25) is 0 Å². The zero-order chi connectivity index (χ0) is 20.8. The molecule has 0 saturated heterocycles. The molecule has 0 fully saturated rings. The first-order valence-corrected chi connectivity index (χ1v) is 12.3. The fourth-order valence-corrected chi connectivity index (χ4v) is 5.21. The van der Waals surface area contributed by atoms with Crippen LogP contribution in [-0.4, -0.2) is 11.8 Å². The van der Waals surface area contributed by atoms with Gasteiger partial charge in [0.05, 0.1) is 22.5 Å². The smallest absolute Gasteiger partial charge is 0.258 e. The topological polar surface area (TPSA) is 58.2 Å². The summed E-state index contributed by atoms with van der Waals surface area (Å²) >= 11 is 0. The van der Waals surface area contributed by atoms with E-state index in [9.17, 15) is 9.59 Å². The maximum atomic E-state index is 13.0. The van der Waals surface area contributed by atoms with Crippen LogP contribution in [0.4, 0.5) is 0 Å². The predicted molar refractivity (Wildman–Crippen MR) is 120 cm³/mol. The zero-order valence-corrected chi connectivity index (χ0v) is 18.3. The van der Waals surface area contributed by atoms with Gasteiger partial charge in [0.1, 0.15) is 0 Å². The minimum atomic E-state index is -0.108. The van der Waals surface area contributed by atoms with Gasteiger partial charge in [0.15, 0.2) is 0 Å². The average Bonchev–Trinajstić information content (AvgIpc) is 3.21. The molecule has 30 heavy (non-hydrogen) atoms. The molecular weight excluding hydrogens is 372 g/mol. The van der Waals surface area contributed by atoms with E-state index in [1.807, 2.05) is 0 Å². The van der Waals surface area contributed by atoms with Crippen molar-refractivity contribution >= 4 is 11.8 Å². The summed E-state index contributed by atoms with van der Waals surface area (Å²) in [7, 11) is 0.